The largest absolute Gasteiger partial charge is 0.469 e. The van der Waals surface area contributed by atoms with Crippen LogP contribution in [0.4, 0.5) is 0 Å². The van der Waals surface area contributed by atoms with Crippen LogP contribution in [0.5, 0.6) is 0 Å². The molecule has 1 aromatic heterocycles. The summed E-state index contributed by atoms with van der Waals surface area (Å²) in [5, 5.41) is 3.42. The maximum Gasteiger partial charge on any atom is 0.105 e. The molecule has 3 heteroatoms. The summed E-state index contributed by atoms with van der Waals surface area (Å²) in [6, 6.07) is 12.3. The molecule has 0 fully saturated rings. The zero-order chi connectivity index (χ0) is 12.6. The standard InChI is InChI=1S/C15H20N2O/c16-12-14-5-2-1-4-13(14)7-9-17-10-8-15-6-3-11-18-15/h1-6,11,17H,7-10,12,16H2. The van der Waals surface area contributed by atoms with Gasteiger partial charge in [-0.1, -0.05) is 24.3 Å². The Morgan fingerprint density at radius 1 is 0.944 bits per heavy atom. The smallest absolute Gasteiger partial charge is 0.105 e. The number of rotatable bonds is 7. The summed E-state index contributed by atoms with van der Waals surface area (Å²) in [5.74, 6) is 1.03. The molecule has 0 aliphatic carbocycles. The van der Waals surface area contributed by atoms with E-state index in [4.69, 9.17) is 10.2 Å². The molecule has 1 aromatic carbocycles. The van der Waals surface area contributed by atoms with Crippen molar-refractivity contribution in [3.8, 4) is 0 Å². The van der Waals surface area contributed by atoms with Crippen molar-refractivity contribution in [2.45, 2.75) is 19.4 Å². The molecule has 0 saturated carbocycles. The van der Waals surface area contributed by atoms with Crippen LogP contribution in [-0.4, -0.2) is 13.1 Å². The summed E-state index contributed by atoms with van der Waals surface area (Å²) < 4.78 is 5.28. The zero-order valence-corrected chi connectivity index (χ0v) is 10.6. The molecule has 0 radical (unpaired) electrons. The van der Waals surface area contributed by atoms with Gasteiger partial charge in [-0.3, -0.25) is 0 Å². The molecule has 0 amide bonds. The van der Waals surface area contributed by atoms with Crippen LogP contribution in [-0.2, 0) is 19.4 Å². The number of nitrogens with two attached hydrogens (primary N) is 1. The van der Waals surface area contributed by atoms with E-state index < -0.39 is 0 Å². The van der Waals surface area contributed by atoms with Gasteiger partial charge in [-0.05, 0) is 36.2 Å². The van der Waals surface area contributed by atoms with Crippen molar-refractivity contribution in [2.24, 2.45) is 5.73 Å². The van der Waals surface area contributed by atoms with E-state index in [1.807, 2.05) is 18.2 Å². The molecule has 2 aromatic rings. The van der Waals surface area contributed by atoms with Gasteiger partial charge in [0.15, 0.2) is 0 Å². The van der Waals surface area contributed by atoms with Crippen molar-refractivity contribution in [1.82, 2.24) is 5.32 Å². The van der Waals surface area contributed by atoms with Gasteiger partial charge in [-0.15, -0.1) is 0 Å². The average Bonchev–Trinajstić information content (AvgIpc) is 2.92. The summed E-state index contributed by atoms with van der Waals surface area (Å²) in [5.41, 5.74) is 8.29. The van der Waals surface area contributed by atoms with Gasteiger partial charge in [-0.2, -0.15) is 0 Å². The van der Waals surface area contributed by atoms with Gasteiger partial charge in [0.1, 0.15) is 5.76 Å². The second-order valence-electron chi connectivity index (χ2n) is 4.30. The van der Waals surface area contributed by atoms with E-state index in [0.29, 0.717) is 6.54 Å². The fourth-order valence-electron chi connectivity index (χ4n) is 2.01. The van der Waals surface area contributed by atoms with Crippen LogP contribution in [0.25, 0.3) is 0 Å². The Labute approximate surface area is 108 Å². The van der Waals surface area contributed by atoms with Crippen LogP contribution in [0.3, 0.4) is 0 Å². The molecule has 1 heterocycles. The minimum absolute atomic E-state index is 0.614. The van der Waals surface area contributed by atoms with Gasteiger partial charge in [-0.25, -0.2) is 0 Å². The summed E-state index contributed by atoms with van der Waals surface area (Å²) >= 11 is 0. The number of hydrogen-bond donors (Lipinski definition) is 2. The predicted octanol–water partition coefficient (Wildman–Crippen LogP) is 2.11. The van der Waals surface area contributed by atoms with Gasteiger partial charge >= 0.3 is 0 Å². The highest BCUT2D eigenvalue weighted by Gasteiger charge is 1.99. The Morgan fingerprint density at radius 3 is 2.44 bits per heavy atom. The van der Waals surface area contributed by atoms with Crippen LogP contribution in [0.15, 0.2) is 47.1 Å². The summed E-state index contributed by atoms with van der Waals surface area (Å²) in [6.07, 6.45) is 3.67. The molecule has 96 valence electrons. The molecule has 3 nitrogen and oxygen atoms in total. The third kappa shape index (κ3) is 3.72. The van der Waals surface area contributed by atoms with Crippen LogP contribution in [0, 0.1) is 0 Å². The molecule has 2 rings (SSSR count). The number of furan rings is 1. The van der Waals surface area contributed by atoms with E-state index in [-0.39, 0.29) is 0 Å². The van der Waals surface area contributed by atoms with E-state index in [2.05, 4.69) is 23.5 Å². The average molecular weight is 244 g/mol. The zero-order valence-electron chi connectivity index (χ0n) is 10.6. The van der Waals surface area contributed by atoms with E-state index in [0.717, 1.165) is 31.7 Å². The minimum Gasteiger partial charge on any atom is -0.469 e. The quantitative estimate of drug-likeness (QED) is 0.733. The molecule has 0 unspecified atom stereocenters. The summed E-state index contributed by atoms with van der Waals surface area (Å²) in [6.45, 7) is 2.53. The lowest BCUT2D eigenvalue weighted by atomic mass is 10.0. The topological polar surface area (TPSA) is 51.2 Å². The lowest BCUT2D eigenvalue weighted by Gasteiger charge is -2.08. The first-order chi connectivity index (χ1) is 8.90. The number of benzene rings is 1. The van der Waals surface area contributed by atoms with E-state index in [1.54, 1.807) is 6.26 Å². The highest BCUT2D eigenvalue weighted by molar-refractivity contribution is 5.27. The van der Waals surface area contributed by atoms with Gasteiger partial charge < -0.3 is 15.5 Å². The van der Waals surface area contributed by atoms with E-state index in [1.165, 1.54) is 11.1 Å². The van der Waals surface area contributed by atoms with Gasteiger partial charge in [0.2, 0.25) is 0 Å². The molecular weight excluding hydrogens is 224 g/mol. The third-order valence-corrected chi connectivity index (χ3v) is 3.04. The van der Waals surface area contributed by atoms with Crippen molar-refractivity contribution < 1.29 is 4.42 Å². The van der Waals surface area contributed by atoms with Crippen LogP contribution in [0.2, 0.25) is 0 Å². The highest BCUT2D eigenvalue weighted by Crippen LogP contribution is 2.08. The fraction of sp³-hybridized carbons (Fsp3) is 0.333. The third-order valence-electron chi connectivity index (χ3n) is 3.04. The molecule has 0 bridgehead atoms. The first-order valence-electron chi connectivity index (χ1n) is 6.40. The lowest BCUT2D eigenvalue weighted by molar-refractivity contribution is 0.499. The van der Waals surface area contributed by atoms with Crippen LogP contribution in [0.1, 0.15) is 16.9 Å². The second-order valence-corrected chi connectivity index (χ2v) is 4.30. The lowest BCUT2D eigenvalue weighted by Crippen LogP contribution is -2.20. The monoisotopic (exact) mass is 244 g/mol. The fourth-order valence-corrected chi connectivity index (χ4v) is 2.01. The van der Waals surface area contributed by atoms with Crippen LogP contribution >= 0.6 is 0 Å². The Kier molecular flexibility index (Phi) is 5.00. The Hall–Kier alpha value is -1.58. The first-order valence-corrected chi connectivity index (χ1v) is 6.40. The van der Waals surface area contributed by atoms with E-state index in [9.17, 15) is 0 Å². The van der Waals surface area contributed by atoms with Gasteiger partial charge in [0.05, 0.1) is 6.26 Å². The van der Waals surface area contributed by atoms with Crippen molar-refractivity contribution in [3.63, 3.8) is 0 Å². The molecule has 0 atom stereocenters. The molecule has 0 aliphatic heterocycles. The van der Waals surface area contributed by atoms with Gasteiger partial charge in [0.25, 0.3) is 0 Å². The Balaban J connectivity index is 1.69. The van der Waals surface area contributed by atoms with Crippen molar-refractivity contribution in [1.29, 1.82) is 0 Å². The maximum atomic E-state index is 5.71. The second kappa shape index (κ2) is 6.99. The molecule has 0 aliphatic rings. The van der Waals surface area contributed by atoms with Crippen molar-refractivity contribution in [2.75, 3.05) is 13.1 Å². The van der Waals surface area contributed by atoms with Crippen LogP contribution < -0.4 is 11.1 Å². The minimum atomic E-state index is 0.614. The Bertz CT molecular complexity index is 451. The van der Waals surface area contributed by atoms with Crippen molar-refractivity contribution >= 4 is 0 Å². The molecule has 0 spiro atoms. The SMILES string of the molecule is NCc1ccccc1CCNCCc1ccco1. The molecule has 3 N–H and O–H groups in total. The van der Waals surface area contributed by atoms with Gasteiger partial charge in [0, 0.05) is 19.5 Å². The normalized spacial score (nSPS) is 10.7. The maximum absolute atomic E-state index is 5.71. The predicted molar refractivity (Wildman–Crippen MR) is 73.3 cm³/mol. The summed E-state index contributed by atoms with van der Waals surface area (Å²) in [7, 11) is 0. The molecular formula is C15H20N2O. The highest BCUT2D eigenvalue weighted by atomic mass is 16.3. The Morgan fingerprint density at radius 2 is 1.72 bits per heavy atom. The summed E-state index contributed by atoms with van der Waals surface area (Å²) in [4.78, 5) is 0. The van der Waals surface area contributed by atoms with E-state index >= 15 is 0 Å². The molecule has 0 saturated heterocycles. The molecule has 18 heavy (non-hydrogen) atoms. The number of hydrogen-bond acceptors (Lipinski definition) is 3. The first kappa shape index (κ1) is 12.9. The van der Waals surface area contributed by atoms with Crippen molar-refractivity contribution in [3.05, 3.63) is 59.5 Å². The number of nitrogens with one attached hydrogen (secondary N) is 1.